The Morgan fingerprint density at radius 3 is 2.56 bits per heavy atom. The summed E-state index contributed by atoms with van der Waals surface area (Å²) < 4.78 is 15.1. The molecule has 0 aliphatic heterocycles. The highest BCUT2D eigenvalue weighted by molar-refractivity contribution is 5.30. The topological polar surface area (TPSA) is 34.0 Å². The SMILES string of the molecule is CN(CCCc1cnn(C)c1)[C@@H](c1ccc(F)cc1)c1cccnc1. The van der Waals surface area contributed by atoms with Gasteiger partial charge in [-0.05, 0) is 61.3 Å². The van der Waals surface area contributed by atoms with Crippen molar-refractivity contribution in [2.24, 2.45) is 7.05 Å². The summed E-state index contributed by atoms with van der Waals surface area (Å²) in [5.41, 5.74) is 3.42. The molecule has 0 bridgehead atoms. The number of halogens is 1. The van der Waals surface area contributed by atoms with E-state index >= 15 is 0 Å². The molecule has 0 saturated carbocycles. The number of nitrogens with zero attached hydrogens (tertiary/aromatic N) is 4. The summed E-state index contributed by atoms with van der Waals surface area (Å²) >= 11 is 0. The van der Waals surface area contributed by atoms with Gasteiger partial charge in [0, 0.05) is 25.6 Å². The maximum atomic E-state index is 13.3. The summed E-state index contributed by atoms with van der Waals surface area (Å²) in [4.78, 5) is 6.54. The van der Waals surface area contributed by atoms with Crippen LogP contribution in [0, 0.1) is 5.82 Å². The molecule has 5 heteroatoms. The van der Waals surface area contributed by atoms with E-state index in [-0.39, 0.29) is 11.9 Å². The van der Waals surface area contributed by atoms with Crippen LogP contribution in [0.25, 0.3) is 0 Å². The summed E-state index contributed by atoms with van der Waals surface area (Å²) in [5.74, 6) is -0.215. The highest BCUT2D eigenvalue weighted by Crippen LogP contribution is 2.27. The summed E-state index contributed by atoms with van der Waals surface area (Å²) in [6.07, 6.45) is 9.64. The fourth-order valence-electron chi connectivity index (χ4n) is 3.15. The van der Waals surface area contributed by atoms with E-state index in [1.54, 1.807) is 6.20 Å². The van der Waals surface area contributed by atoms with Gasteiger partial charge in [-0.25, -0.2) is 4.39 Å². The lowest BCUT2D eigenvalue weighted by Gasteiger charge is -2.28. The molecular weight excluding hydrogens is 315 g/mol. The average Bonchev–Trinajstić information content (AvgIpc) is 3.03. The summed E-state index contributed by atoms with van der Waals surface area (Å²) in [5, 5.41) is 4.21. The van der Waals surface area contributed by atoms with Gasteiger partial charge in [0.05, 0.1) is 12.2 Å². The van der Waals surface area contributed by atoms with Crippen molar-refractivity contribution >= 4 is 0 Å². The third kappa shape index (κ3) is 4.51. The van der Waals surface area contributed by atoms with Gasteiger partial charge in [-0.1, -0.05) is 18.2 Å². The Labute approximate surface area is 147 Å². The quantitative estimate of drug-likeness (QED) is 0.660. The van der Waals surface area contributed by atoms with E-state index in [1.807, 2.05) is 42.3 Å². The monoisotopic (exact) mass is 338 g/mol. The molecule has 0 aliphatic rings. The fourth-order valence-corrected chi connectivity index (χ4v) is 3.15. The zero-order valence-electron chi connectivity index (χ0n) is 14.6. The Morgan fingerprint density at radius 2 is 1.92 bits per heavy atom. The average molecular weight is 338 g/mol. The predicted octanol–water partition coefficient (Wildman–Crippen LogP) is 3.61. The lowest BCUT2D eigenvalue weighted by molar-refractivity contribution is 0.275. The first-order valence-corrected chi connectivity index (χ1v) is 8.46. The second kappa shape index (κ2) is 8.03. The van der Waals surface area contributed by atoms with Crippen LogP contribution in [0.5, 0.6) is 0 Å². The van der Waals surface area contributed by atoms with E-state index < -0.39 is 0 Å². The van der Waals surface area contributed by atoms with Gasteiger partial charge in [-0.2, -0.15) is 5.10 Å². The van der Waals surface area contributed by atoms with Gasteiger partial charge in [0.15, 0.2) is 0 Å². The van der Waals surface area contributed by atoms with Crippen LogP contribution in [-0.2, 0) is 13.5 Å². The standard InChI is InChI=1S/C20H23FN4/c1-24(12-4-5-16-13-23-25(2)15-16)20(18-6-3-11-22-14-18)17-7-9-19(21)10-8-17/h3,6-11,13-15,20H,4-5,12H2,1-2H3/t20-/m0/s1. The van der Waals surface area contributed by atoms with Crippen LogP contribution in [0.15, 0.2) is 61.2 Å². The minimum Gasteiger partial charge on any atom is -0.295 e. The highest BCUT2D eigenvalue weighted by atomic mass is 19.1. The molecule has 130 valence electrons. The smallest absolute Gasteiger partial charge is 0.123 e. The van der Waals surface area contributed by atoms with E-state index in [9.17, 15) is 4.39 Å². The minimum absolute atomic E-state index is 0.0585. The number of aryl methyl sites for hydroxylation is 2. The molecule has 3 aromatic rings. The molecule has 0 saturated heterocycles. The van der Waals surface area contributed by atoms with Crippen LogP contribution in [0.1, 0.15) is 29.2 Å². The van der Waals surface area contributed by atoms with Crippen molar-refractivity contribution in [2.75, 3.05) is 13.6 Å². The number of aromatic nitrogens is 3. The summed E-state index contributed by atoms with van der Waals surface area (Å²) in [6, 6.07) is 10.8. The number of rotatable bonds is 7. The van der Waals surface area contributed by atoms with Gasteiger partial charge in [0.2, 0.25) is 0 Å². The van der Waals surface area contributed by atoms with E-state index in [2.05, 4.69) is 34.3 Å². The molecule has 0 aliphatic carbocycles. The van der Waals surface area contributed by atoms with Gasteiger partial charge in [0.25, 0.3) is 0 Å². The predicted molar refractivity (Wildman–Crippen MR) is 96.6 cm³/mol. The largest absolute Gasteiger partial charge is 0.295 e. The number of hydrogen-bond acceptors (Lipinski definition) is 3. The maximum absolute atomic E-state index is 13.3. The van der Waals surface area contributed by atoms with E-state index in [0.29, 0.717) is 0 Å². The van der Waals surface area contributed by atoms with Crippen molar-refractivity contribution in [3.8, 4) is 0 Å². The van der Waals surface area contributed by atoms with Gasteiger partial charge < -0.3 is 0 Å². The van der Waals surface area contributed by atoms with Gasteiger partial charge in [-0.3, -0.25) is 14.6 Å². The molecule has 25 heavy (non-hydrogen) atoms. The van der Waals surface area contributed by atoms with Crippen molar-refractivity contribution in [3.05, 3.63) is 83.7 Å². The molecule has 4 nitrogen and oxygen atoms in total. The number of benzene rings is 1. The van der Waals surface area contributed by atoms with Crippen LogP contribution >= 0.6 is 0 Å². The molecule has 0 unspecified atom stereocenters. The van der Waals surface area contributed by atoms with E-state index in [1.165, 1.54) is 17.7 Å². The van der Waals surface area contributed by atoms with Crippen LogP contribution in [-0.4, -0.2) is 33.3 Å². The molecule has 1 aromatic carbocycles. The normalized spacial score (nSPS) is 12.5. The zero-order valence-corrected chi connectivity index (χ0v) is 14.6. The Morgan fingerprint density at radius 1 is 1.12 bits per heavy atom. The summed E-state index contributed by atoms with van der Waals surface area (Å²) in [6.45, 7) is 0.922. The lowest BCUT2D eigenvalue weighted by Crippen LogP contribution is -2.27. The van der Waals surface area contributed by atoms with E-state index in [0.717, 1.165) is 30.5 Å². The van der Waals surface area contributed by atoms with Gasteiger partial charge >= 0.3 is 0 Å². The van der Waals surface area contributed by atoms with Crippen molar-refractivity contribution in [1.82, 2.24) is 19.7 Å². The van der Waals surface area contributed by atoms with Crippen molar-refractivity contribution in [1.29, 1.82) is 0 Å². The van der Waals surface area contributed by atoms with Gasteiger partial charge in [-0.15, -0.1) is 0 Å². The first kappa shape index (κ1) is 17.3. The zero-order chi connectivity index (χ0) is 17.6. The van der Waals surface area contributed by atoms with Crippen LogP contribution in [0.2, 0.25) is 0 Å². The van der Waals surface area contributed by atoms with E-state index in [4.69, 9.17) is 0 Å². The fraction of sp³-hybridized carbons (Fsp3) is 0.300. The summed E-state index contributed by atoms with van der Waals surface area (Å²) in [7, 11) is 4.03. The van der Waals surface area contributed by atoms with Gasteiger partial charge in [0.1, 0.15) is 5.82 Å². The highest BCUT2D eigenvalue weighted by Gasteiger charge is 2.19. The second-order valence-electron chi connectivity index (χ2n) is 6.35. The van der Waals surface area contributed by atoms with Crippen LogP contribution < -0.4 is 0 Å². The Balaban J connectivity index is 1.73. The van der Waals surface area contributed by atoms with Crippen molar-refractivity contribution in [2.45, 2.75) is 18.9 Å². The molecule has 1 atom stereocenters. The minimum atomic E-state index is -0.215. The first-order valence-electron chi connectivity index (χ1n) is 8.46. The molecule has 0 spiro atoms. The molecule has 0 amide bonds. The number of pyridine rings is 1. The first-order chi connectivity index (χ1) is 12.1. The van der Waals surface area contributed by atoms with Crippen LogP contribution in [0.3, 0.4) is 0 Å². The molecular formula is C20H23FN4. The molecule has 2 heterocycles. The Hall–Kier alpha value is -2.53. The number of hydrogen-bond donors (Lipinski definition) is 0. The molecule has 3 rings (SSSR count). The third-order valence-electron chi connectivity index (χ3n) is 4.36. The Bertz CT molecular complexity index is 783. The van der Waals surface area contributed by atoms with Crippen molar-refractivity contribution in [3.63, 3.8) is 0 Å². The second-order valence-corrected chi connectivity index (χ2v) is 6.35. The molecule has 0 radical (unpaired) electrons. The van der Waals surface area contributed by atoms with Crippen LogP contribution in [0.4, 0.5) is 4.39 Å². The molecule has 0 N–H and O–H groups in total. The molecule has 0 fully saturated rings. The third-order valence-corrected chi connectivity index (χ3v) is 4.36. The maximum Gasteiger partial charge on any atom is 0.123 e. The lowest BCUT2D eigenvalue weighted by atomic mass is 9.98. The Kier molecular flexibility index (Phi) is 5.56. The molecule has 2 aromatic heterocycles. The van der Waals surface area contributed by atoms with Crippen molar-refractivity contribution < 1.29 is 4.39 Å².